The van der Waals surface area contributed by atoms with Crippen molar-refractivity contribution in [3.63, 3.8) is 0 Å². The molecule has 2 heterocycles. The Balaban J connectivity index is 2.82. The fourth-order valence-electron chi connectivity index (χ4n) is 1.50. The van der Waals surface area contributed by atoms with Crippen molar-refractivity contribution >= 4 is 39.3 Å². The summed E-state index contributed by atoms with van der Waals surface area (Å²) in [6, 6.07) is 1.66. The van der Waals surface area contributed by atoms with Crippen molar-refractivity contribution < 1.29 is 19.1 Å². The van der Waals surface area contributed by atoms with Gasteiger partial charge in [0.25, 0.3) is 0 Å². The molecule has 92 valence electrons. The van der Waals surface area contributed by atoms with Gasteiger partial charge in [0.05, 0.1) is 18.9 Å². The van der Waals surface area contributed by atoms with E-state index in [9.17, 15) is 9.59 Å². The zero-order valence-electron chi connectivity index (χ0n) is 9.59. The molecule has 2 aromatic heterocycles. The number of esters is 1. The second-order valence-corrected chi connectivity index (χ2v) is 4.19. The Morgan fingerprint density at radius 1 is 1.50 bits per heavy atom. The van der Waals surface area contributed by atoms with Gasteiger partial charge in [0.1, 0.15) is 21.8 Å². The van der Waals surface area contributed by atoms with Gasteiger partial charge in [0.2, 0.25) is 6.08 Å². The van der Waals surface area contributed by atoms with Crippen LogP contribution in [0.5, 0.6) is 5.75 Å². The average molecular weight is 264 g/mol. The molecule has 2 aromatic rings. The number of rotatable bonds is 3. The lowest BCUT2D eigenvalue weighted by atomic mass is 10.3. The second-order valence-electron chi connectivity index (χ2n) is 3.17. The normalized spacial score (nSPS) is 9.89. The summed E-state index contributed by atoms with van der Waals surface area (Å²) in [7, 11) is 2.76. The van der Waals surface area contributed by atoms with Crippen molar-refractivity contribution in [2.24, 2.45) is 4.99 Å². The summed E-state index contributed by atoms with van der Waals surface area (Å²) in [5, 5.41) is 0. The highest BCUT2D eigenvalue weighted by molar-refractivity contribution is 7.21. The van der Waals surface area contributed by atoms with Crippen LogP contribution >= 0.6 is 11.3 Å². The van der Waals surface area contributed by atoms with E-state index < -0.39 is 5.97 Å². The number of thiophene rings is 1. The van der Waals surface area contributed by atoms with Crippen molar-refractivity contribution in [2.75, 3.05) is 14.2 Å². The zero-order chi connectivity index (χ0) is 13.1. The third-order valence-corrected chi connectivity index (χ3v) is 3.42. The first-order chi connectivity index (χ1) is 8.72. The molecule has 0 saturated carbocycles. The molecule has 6 nitrogen and oxygen atoms in total. The SMILES string of the molecule is COC(=O)c1sc2c(OC)ccnc2c1N=C=O. The first kappa shape index (κ1) is 12.2. The Hall–Kier alpha value is -2.24. The third kappa shape index (κ3) is 1.85. The monoisotopic (exact) mass is 264 g/mol. The molecule has 0 aliphatic rings. The molecule has 18 heavy (non-hydrogen) atoms. The molecule has 0 aromatic carbocycles. The van der Waals surface area contributed by atoms with Crippen molar-refractivity contribution in [1.82, 2.24) is 4.98 Å². The Morgan fingerprint density at radius 3 is 2.89 bits per heavy atom. The maximum atomic E-state index is 11.6. The molecule has 0 N–H and O–H groups in total. The average Bonchev–Trinajstić information content (AvgIpc) is 2.77. The highest BCUT2D eigenvalue weighted by atomic mass is 32.1. The van der Waals surface area contributed by atoms with E-state index in [2.05, 4.69) is 14.7 Å². The molecule has 0 bridgehead atoms. The van der Waals surface area contributed by atoms with Crippen LogP contribution in [0.2, 0.25) is 0 Å². The predicted octanol–water partition coefficient (Wildman–Crippen LogP) is 2.06. The van der Waals surface area contributed by atoms with Gasteiger partial charge in [-0.2, -0.15) is 4.99 Å². The number of pyridine rings is 1. The lowest BCUT2D eigenvalue weighted by Crippen LogP contribution is -1.97. The topological polar surface area (TPSA) is 77.8 Å². The highest BCUT2D eigenvalue weighted by Crippen LogP contribution is 2.41. The maximum Gasteiger partial charge on any atom is 0.350 e. The molecule has 0 saturated heterocycles. The van der Waals surface area contributed by atoms with E-state index in [0.29, 0.717) is 16.0 Å². The number of methoxy groups -OCH3 is 2. The van der Waals surface area contributed by atoms with Crippen molar-refractivity contribution in [2.45, 2.75) is 0 Å². The van der Waals surface area contributed by atoms with E-state index in [1.165, 1.54) is 26.5 Å². The molecule has 0 amide bonds. The van der Waals surface area contributed by atoms with Crippen LogP contribution in [0.25, 0.3) is 10.2 Å². The number of isocyanates is 1. The van der Waals surface area contributed by atoms with Gasteiger partial charge in [-0.25, -0.2) is 9.59 Å². The lowest BCUT2D eigenvalue weighted by molar-refractivity contribution is 0.0607. The molecule has 0 aliphatic carbocycles. The maximum absolute atomic E-state index is 11.6. The summed E-state index contributed by atoms with van der Waals surface area (Å²) in [5.41, 5.74) is 0.582. The van der Waals surface area contributed by atoms with Crippen LogP contribution in [0.1, 0.15) is 9.67 Å². The summed E-state index contributed by atoms with van der Waals surface area (Å²) < 4.78 is 10.4. The van der Waals surface area contributed by atoms with Crippen LogP contribution in [0.3, 0.4) is 0 Å². The number of ether oxygens (including phenoxy) is 2. The van der Waals surface area contributed by atoms with Crippen LogP contribution in [0.15, 0.2) is 17.3 Å². The molecule has 7 heteroatoms. The van der Waals surface area contributed by atoms with Gasteiger partial charge in [-0.15, -0.1) is 11.3 Å². The second kappa shape index (κ2) is 4.95. The van der Waals surface area contributed by atoms with E-state index in [1.807, 2.05) is 0 Å². The molecule has 0 atom stereocenters. The number of aromatic nitrogens is 1. The largest absolute Gasteiger partial charge is 0.495 e. The number of carbonyl (C=O) groups is 1. The van der Waals surface area contributed by atoms with Crippen LogP contribution in [-0.2, 0) is 9.53 Å². The lowest BCUT2D eigenvalue weighted by Gasteiger charge is -1.98. The van der Waals surface area contributed by atoms with E-state index in [0.717, 1.165) is 11.3 Å². The summed E-state index contributed by atoms with van der Waals surface area (Å²) in [6.45, 7) is 0. The number of hydrogen-bond acceptors (Lipinski definition) is 7. The van der Waals surface area contributed by atoms with E-state index in [1.54, 1.807) is 6.07 Å². The van der Waals surface area contributed by atoms with Gasteiger partial charge < -0.3 is 9.47 Å². The number of aliphatic imine (C=N–C) groups is 1. The molecule has 0 fully saturated rings. The minimum absolute atomic E-state index is 0.163. The zero-order valence-corrected chi connectivity index (χ0v) is 10.4. The fourth-order valence-corrected chi connectivity index (χ4v) is 2.60. The van der Waals surface area contributed by atoms with E-state index in [-0.39, 0.29) is 10.6 Å². The Labute approximate surface area is 106 Å². The summed E-state index contributed by atoms with van der Waals surface area (Å²) in [6.07, 6.45) is 2.92. The Bertz CT molecular complexity index is 658. The summed E-state index contributed by atoms with van der Waals surface area (Å²) in [4.78, 5) is 29.9. The van der Waals surface area contributed by atoms with Gasteiger partial charge in [-0.3, -0.25) is 4.98 Å². The number of nitrogens with zero attached hydrogens (tertiary/aromatic N) is 2. The van der Waals surface area contributed by atoms with Gasteiger partial charge in [-0.1, -0.05) is 0 Å². The molecule has 0 spiro atoms. The molecular weight excluding hydrogens is 256 g/mol. The molecule has 0 aliphatic heterocycles. The fraction of sp³-hybridized carbons (Fsp3) is 0.182. The van der Waals surface area contributed by atoms with Gasteiger partial charge in [0.15, 0.2) is 0 Å². The van der Waals surface area contributed by atoms with Crippen molar-refractivity contribution in [3.8, 4) is 5.75 Å². The molecule has 0 unspecified atom stereocenters. The van der Waals surface area contributed by atoms with Crippen LogP contribution in [0.4, 0.5) is 5.69 Å². The minimum atomic E-state index is -0.575. The number of hydrogen-bond donors (Lipinski definition) is 0. The first-order valence-corrected chi connectivity index (χ1v) is 5.66. The third-order valence-electron chi connectivity index (χ3n) is 2.26. The number of carbonyl (C=O) groups excluding carboxylic acids is 2. The summed E-state index contributed by atoms with van der Waals surface area (Å²) >= 11 is 1.11. The predicted molar refractivity (Wildman–Crippen MR) is 65.3 cm³/mol. The standard InChI is InChI=1S/C11H8N2O4S/c1-16-6-3-4-12-7-8(13-5-14)10(11(15)17-2)18-9(6)7/h3-4H,1-2H3. The van der Waals surface area contributed by atoms with Crippen LogP contribution in [0, 0.1) is 0 Å². The summed E-state index contributed by atoms with van der Waals surface area (Å²) in [5.74, 6) is -0.0171. The molecule has 0 radical (unpaired) electrons. The molecule has 2 rings (SSSR count). The van der Waals surface area contributed by atoms with E-state index >= 15 is 0 Å². The Kier molecular flexibility index (Phi) is 3.36. The Morgan fingerprint density at radius 2 is 2.28 bits per heavy atom. The minimum Gasteiger partial charge on any atom is -0.495 e. The van der Waals surface area contributed by atoms with Gasteiger partial charge in [-0.05, 0) is 6.07 Å². The van der Waals surface area contributed by atoms with E-state index in [4.69, 9.17) is 4.74 Å². The number of fused-ring (bicyclic) bond motifs is 1. The van der Waals surface area contributed by atoms with Crippen molar-refractivity contribution in [1.29, 1.82) is 0 Å². The highest BCUT2D eigenvalue weighted by Gasteiger charge is 2.21. The van der Waals surface area contributed by atoms with Crippen LogP contribution < -0.4 is 4.74 Å². The smallest absolute Gasteiger partial charge is 0.350 e. The first-order valence-electron chi connectivity index (χ1n) is 4.84. The quantitative estimate of drug-likeness (QED) is 0.481. The van der Waals surface area contributed by atoms with Gasteiger partial charge in [0, 0.05) is 6.20 Å². The molecular formula is C11H8N2O4S. The van der Waals surface area contributed by atoms with Crippen molar-refractivity contribution in [3.05, 3.63) is 17.1 Å². The van der Waals surface area contributed by atoms with Gasteiger partial charge >= 0.3 is 5.97 Å². The van der Waals surface area contributed by atoms with Crippen LogP contribution in [-0.4, -0.2) is 31.3 Å².